The number of halogens is 1. The van der Waals surface area contributed by atoms with Gasteiger partial charge in [-0.3, -0.25) is 4.99 Å². The highest BCUT2D eigenvalue weighted by atomic mass is 127. The van der Waals surface area contributed by atoms with Crippen molar-refractivity contribution in [2.24, 2.45) is 4.99 Å². The van der Waals surface area contributed by atoms with Gasteiger partial charge in [0, 0.05) is 21.9 Å². The van der Waals surface area contributed by atoms with Gasteiger partial charge in [-0.25, -0.2) is 0 Å². The van der Waals surface area contributed by atoms with E-state index >= 15 is 0 Å². The van der Waals surface area contributed by atoms with E-state index in [-0.39, 0.29) is 0 Å². The highest BCUT2D eigenvalue weighted by Crippen LogP contribution is 2.07. The van der Waals surface area contributed by atoms with Crippen LogP contribution in [-0.4, -0.2) is 15.9 Å². The first-order chi connectivity index (χ1) is 7.15. The summed E-state index contributed by atoms with van der Waals surface area (Å²) in [5.74, 6) is 0. The van der Waals surface area contributed by atoms with Gasteiger partial charge in [-0.1, -0.05) is 40.8 Å². The van der Waals surface area contributed by atoms with Crippen LogP contribution in [0.15, 0.2) is 41.1 Å². The summed E-state index contributed by atoms with van der Waals surface area (Å²) in [6, 6.07) is 0. The largest absolute Gasteiger partial charge is 0.308 e. The SMILES string of the molecule is C/C=C\C(=N/C=C/C)C(/C=N)=C\C(C)I. The molecule has 1 unspecified atom stereocenters. The van der Waals surface area contributed by atoms with E-state index in [4.69, 9.17) is 5.41 Å². The van der Waals surface area contributed by atoms with Gasteiger partial charge in [0.25, 0.3) is 0 Å². The fraction of sp³-hybridized carbons (Fsp3) is 0.333. The number of nitrogens with zero attached hydrogens (tertiary/aromatic N) is 1. The third-order valence-electron chi connectivity index (χ3n) is 1.55. The smallest absolute Gasteiger partial charge is 0.0710 e. The van der Waals surface area contributed by atoms with Crippen LogP contribution in [-0.2, 0) is 0 Å². The van der Waals surface area contributed by atoms with E-state index in [1.807, 2.05) is 38.2 Å². The number of rotatable bonds is 5. The van der Waals surface area contributed by atoms with Gasteiger partial charge in [0.1, 0.15) is 0 Å². The van der Waals surface area contributed by atoms with Crippen LogP contribution < -0.4 is 0 Å². The Labute approximate surface area is 106 Å². The van der Waals surface area contributed by atoms with Gasteiger partial charge in [-0.15, -0.1) is 0 Å². The van der Waals surface area contributed by atoms with Crippen LogP contribution in [0.5, 0.6) is 0 Å². The van der Waals surface area contributed by atoms with Crippen molar-refractivity contribution < 1.29 is 0 Å². The molecule has 0 saturated carbocycles. The molecule has 1 N–H and O–H groups in total. The number of hydrogen-bond acceptors (Lipinski definition) is 2. The summed E-state index contributed by atoms with van der Waals surface area (Å²) in [4.78, 5) is 4.28. The van der Waals surface area contributed by atoms with E-state index in [1.54, 1.807) is 6.20 Å². The molecule has 0 saturated heterocycles. The predicted molar refractivity (Wildman–Crippen MR) is 77.4 cm³/mol. The van der Waals surface area contributed by atoms with Crippen molar-refractivity contribution in [3.05, 3.63) is 36.1 Å². The molecule has 0 aromatic heterocycles. The van der Waals surface area contributed by atoms with Crippen molar-refractivity contribution in [3.8, 4) is 0 Å². The van der Waals surface area contributed by atoms with Gasteiger partial charge in [0.15, 0.2) is 0 Å². The van der Waals surface area contributed by atoms with E-state index in [2.05, 4.69) is 34.5 Å². The van der Waals surface area contributed by atoms with Crippen LogP contribution in [0.4, 0.5) is 0 Å². The zero-order valence-electron chi connectivity index (χ0n) is 9.37. The molecule has 0 radical (unpaired) electrons. The topological polar surface area (TPSA) is 36.2 Å². The van der Waals surface area contributed by atoms with Gasteiger partial charge < -0.3 is 5.41 Å². The quantitative estimate of drug-likeness (QED) is 0.453. The zero-order chi connectivity index (χ0) is 11.7. The number of alkyl halides is 1. The summed E-state index contributed by atoms with van der Waals surface area (Å²) in [6.45, 7) is 5.94. The molecule has 0 rings (SSSR count). The minimum absolute atomic E-state index is 0.389. The predicted octanol–water partition coefficient (Wildman–Crippen LogP) is 3.94. The Hall–Kier alpha value is -0.710. The van der Waals surface area contributed by atoms with Crippen molar-refractivity contribution >= 4 is 34.5 Å². The first kappa shape index (κ1) is 14.3. The fourth-order valence-electron chi connectivity index (χ4n) is 0.981. The standard InChI is InChI=1S/C12H17IN2/c1-4-6-12(15-7-5-2)11(9-14)8-10(3)13/h4-10,14H,1-3H3/b6-4-,7-5+,11-8-,14-9?,15-12+. The summed E-state index contributed by atoms with van der Waals surface area (Å²) in [6.07, 6.45) is 10.8. The van der Waals surface area contributed by atoms with Crippen LogP contribution >= 0.6 is 22.6 Å². The highest BCUT2D eigenvalue weighted by Gasteiger charge is 2.01. The van der Waals surface area contributed by atoms with Crippen LogP contribution in [0.25, 0.3) is 0 Å². The number of allylic oxidation sites excluding steroid dienone is 5. The lowest BCUT2D eigenvalue weighted by Crippen LogP contribution is -2.02. The van der Waals surface area contributed by atoms with Crippen LogP contribution in [0.2, 0.25) is 0 Å². The van der Waals surface area contributed by atoms with E-state index in [0.29, 0.717) is 3.92 Å². The van der Waals surface area contributed by atoms with Crippen LogP contribution in [0.1, 0.15) is 20.8 Å². The van der Waals surface area contributed by atoms with E-state index in [0.717, 1.165) is 11.3 Å². The normalized spacial score (nSPS) is 16.3. The summed E-state index contributed by atoms with van der Waals surface area (Å²) in [7, 11) is 0. The maximum absolute atomic E-state index is 7.36. The van der Waals surface area contributed by atoms with E-state index in [9.17, 15) is 0 Å². The lowest BCUT2D eigenvalue weighted by atomic mass is 10.1. The summed E-state index contributed by atoms with van der Waals surface area (Å²) in [5.41, 5.74) is 1.68. The van der Waals surface area contributed by atoms with Gasteiger partial charge in [-0.05, 0) is 26.8 Å². The highest BCUT2D eigenvalue weighted by molar-refractivity contribution is 14.1. The second kappa shape index (κ2) is 8.59. The second-order valence-corrected chi connectivity index (χ2v) is 4.91. The molecule has 0 aromatic carbocycles. The Balaban J connectivity index is 5.12. The Bertz CT molecular complexity index is 310. The van der Waals surface area contributed by atoms with Crippen molar-refractivity contribution in [2.75, 3.05) is 0 Å². The Morgan fingerprint density at radius 1 is 1.33 bits per heavy atom. The van der Waals surface area contributed by atoms with Crippen LogP contribution in [0, 0.1) is 5.41 Å². The molecular formula is C12H17IN2. The minimum atomic E-state index is 0.389. The maximum Gasteiger partial charge on any atom is 0.0710 e. The van der Waals surface area contributed by atoms with Crippen LogP contribution in [0.3, 0.4) is 0 Å². The molecule has 82 valence electrons. The molecule has 0 heterocycles. The number of hydrogen-bond donors (Lipinski definition) is 1. The van der Waals surface area contributed by atoms with Gasteiger partial charge in [0.2, 0.25) is 0 Å². The number of aliphatic imine (C=N–C) groups is 1. The molecule has 1 atom stereocenters. The molecule has 15 heavy (non-hydrogen) atoms. The summed E-state index contributed by atoms with van der Waals surface area (Å²) < 4.78 is 0.389. The Kier molecular flexibility index (Phi) is 8.18. The minimum Gasteiger partial charge on any atom is -0.308 e. The monoisotopic (exact) mass is 316 g/mol. The molecular weight excluding hydrogens is 299 g/mol. The molecule has 2 nitrogen and oxygen atoms in total. The first-order valence-corrected chi connectivity index (χ1v) is 6.08. The fourth-order valence-corrected chi connectivity index (χ4v) is 1.37. The molecule has 0 aliphatic carbocycles. The van der Waals surface area contributed by atoms with Crippen molar-refractivity contribution in [3.63, 3.8) is 0 Å². The van der Waals surface area contributed by atoms with E-state index < -0.39 is 0 Å². The average Bonchev–Trinajstić information content (AvgIpc) is 2.20. The summed E-state index contributed by atoms with van der Waals surface area (Å²) >= 11 is 2.30. The third kappa shape index (κ3) is 6.38. The first-order valence-electron chi connectivity index (χ1n) is 4.84. The summed E-state index contributed by atoms with van der Waals surface area (Å²) in [5, 5.41) is 7.36. The van der Waals surface area contributed by atoms with Gasteiger partial charge in [-0.2, -0.15) is 0 Å². The molecule has 0 aliphatic rings. The van der Waals surface area contributed by atoms with Crippen molar-refractivity contribution in [1.29, 1.82) is 5.41 Å². The molecule has 0 fully saturated rings. The average molecular weight is 316 g/mol. The zero-order valence-corrected chi connectivity index (χ0v) is 11.5. The van der Waals surface area contributed by atoms with Gasteiger partial charge in [0.05, 0.1) is 5.71 Å². The lowest BCUT2D eigenvalue weighted by molar-refractivity contribution is 1.29. The van der Waals surface area contributed by atoms with Crippen molar-refractivity contribution in [2.45, 2.75) is 24.7 Å². The molecule has 0 amide bonds. The molecule has 0 aliphatic heterocycles. The molecule has 0 spiro atoms. The molecule has 0 bridgehead atoms. The number of nitrogens with one attached hydrogen (secondary N) is 1. The van der Waals surface area contributed by atoms with E-state index in [1.165, 1.54) is 6.21 Å². The Morgan fingerprint density at radius 2 is 2.00 bits per heavy atom. The second-order valence-electron chi connectivity index (χ2n) is 2.94. The molecule has 3 heteroatoms. The van der Waals surface area contributed by atoms with Crippen molar-refractivity contribution in [1.82, 2.24) is 0 Å². The van der Waals surface area contributed by atoms with Gasteiger partial charge >= 0.3 is 0 Å². The molecule has 0 aromatic rings. The third-order valence-corrected chi connectivity index (χ3v) is 1.91. The Morgan fingerprint density at radius 3 is 2.40 bits per heavy atom. The lowest BCUT2D eigenvalue weighted by Gasteiger charge is -2.02. The maximum atomic E-state index is 7.36.